The molecule has 0 aromatic heterocycles. The Morgan fingerprint density at radius 1 is 1.10 bits per heavy atom. The number of aliphatic imine (C=N–C) groups is 1. The molecule has 0 fully saturated rings. The van der Waals surface area contributed by atoms with E-state index in [-0.39, 0.29) is 5.11 Å². The van der Waals surface area contributed by atoms with Crippen LogP contribution in [0.5, 0.6) is 0 Å². The molecule has 0 saturated carbocycles. The topological polar surface area (TPSA) is 65.5 Å². The minimum Gasteiger partial charge on any atom is -0.339 e. The Labute approximate surface area is 195 Å². The number of amides is 1. The number of fused-ring (bicyclic) bond motifs is 1. The average Bonchev–Trinajstić information content (AvgIpc) is 2.72. The molecule has 0 aliphatic carbocycles. The molecular weight excluding hydrogens is 463 g/mol. The number of halogens is 3. The second-order valence-corrected chi connectivity index (χ2v) is 9.27. The zero-order chi connectivity index (χ0) is 21.6. The van der Waals surface area contributed by atoms with E-state index in [1.165, 1.54) is 6.08 Å². The number of alkyl halides is 3. The van der Waals surface area contributed by atoms with E-state index >= 15 is 0 Å². The molecule has 1 aliphatic heterocycles. The number of hydrogen-bond donors (Lipinski definition) is 3. The molecule has 156 valence electrons. The van der Waals surface area contributed by atoms with E-state index in [1.54, 1.807) is 6.08 Å². The van der Waals surface area contributed by atoms with Crippen LogP contribution in [0.4, 0.5) is 11.4 Å². The number of nitrogens with zero attached hydrogens (tertiary/aromatic N) is 1. The van der Waals surface area contributed by atoms with E-state index in [9.17, 15) is 4.79 Å². The molecule has 0 radical (unpaired) electrons. The van der Waals surface area contributed by atoms with Crippen LogP contribution in [0, 0.1) is 0 Å². The van der Waals surface area contributed by atoms with Crippen LogP contribution < -0.4 is 16.0 Å². The third kappa shape index (κ3) is 6.44. The summed E-state index contributed by atoms with van der Waals surface area (Å²) < 4.78 is -1.84. The Hall–Kier alpha value is -2.12. The van der Waals surface area contributed by atoms with Crippen molar-refractivity contribution in [2.24, 2.45) is 4.99 Å². The first kappa shape index (κ1) is 22.6. The Bertz CT molecular complexity index is 974. The first-order chi connectivity index (χ1) is 14.3. The van der Waals surface area contributed by atoms with E-state index in [0.29, 0.717) is 0 Å². The number of carbonyl (C=O) groups excluding carboxylic acids is 1. The van der Waals surface area contributed by atoms with Gasteiger partial charge in [-0.1, -0.05) is 77.3 Å². The average molecular weight is 482 g/mol. The lowest BCUT2D eigenvalue weighted by Gasteiger charge is -2.27. The van der Waals surface area contributed by atoms with Crippen molar-refractivity contribution < 1.29 is 4.79 Å². The molecule has 1 unspecified atom stereocenters. The number of aryl methyl sites for hydroxylation is 1. The molecule has 30 heavy (non-hydrogen) atoms. The standard InChI is InChI=1S/C21H19Cl3N4OS/c22-21(23,24)19(27-17(29)12-11-14-6-2-1-3-7-14)28-20(30)26-16-10-4-8-15-9-5-13-25-18(15)16/h1-4,6-8,10-13,19H,5,9H2,(H,27,29)(H2,26,28,30)/b12-11+. The summed E-state index contributed by atoms with van der Waals surface area (Å²) in [6.45, 7) is 0. The summed E-state index contributed by atoms with van der Waals surface area (Å²) in [6, 6.07) is 15.2. The number of carbonyl (C=O) groups is 1. The van der Waals surface area contributed by atoms with Gasteiger partial charge in [0.15, 0.2) is 5.11 Å². The van der Waals surface area contributed by atoms with Crippen molar-refractivity contribution in [3.63, 3.8) is 0 Å². The summed E-state index contributed by atoms with van der Waals surface area (Å²) in [5.74, 6) is -0.438. The first-order valence-corrected chi connectivity index (χ1v) is 10.7. The lowest BCUT2D eigenvalue weighted by atomic mass is 10.0. The Balaban J connectivity index is 1.65. The number of anilines is 1. The minimum atomic E-state index is -1.84. The molecule has 0 saturated heterocycles. The highest BCUT2D eigenvalue weighted by Crippen LogP contribution is 2.33. The number of hydrogen-bond acceptors (Lipinski definition) is 3. The predicted octanol–water partition coefficient (Wildman–Crippen LogP) is 5.15. The molecule has 0 bridgehead atoms. The van der Waals surface area contributed by atoms with Crippen molar-refractivity contribution in [2.45, 2.75) is 22.8 Å². The highest BCUT2D eigenvalue weighted by molar-refractivity contribution is 7.80. The smallest absolute Gasteiger partial charge is 0.245 e. The molecule has 1 amide bonds. The number of rotatable bonds is 5. The van der Waals surface area contributed by atoms with Gasteiger partial charge in [-0.25, -0.2) is 0 Å². The van der Waals surface area contributed by atoms with Gasteiger partial charge < -0.3 is 16.0 Å². The van der Waals surface area contributed by atoms with Crippen molar-refractivity contribution in [2.75, 3.05) is 5.32 Å². The summed E-state index contributed by atoms with van der Waals surface area (Å²) in [7, 11) is 0. The maximum Gasteiger partial charge on any atom is 0.245 e. The number of nitrogens with one attached hydrogen (secondary N) is 3. The third-order valence-corrected chi connectivity index (χ3v) is 5.12. The van der Waals surface area contributed by atoms with Gasteiger partial charge in [-0.2, -0.15) is 0 Å². The fourth-order valence-electron chi connectivity index (χ4n) is 2.84. The normalized spacial score (nSPS) is 14.1. The molecule has 1 heterocycles. The minimum absolute atomic E-state index is 0.188. The van der Waals surface area contributed by atoms with E-state index in [1.807, 2.05) is 54.7 Å². The van der Waals surface area contributed by atoms with Crippen LogP contribution in [0.2, 0.25) is 0 Å². The first-order valence-electron chi connectivity index (χ1n) is 9.15. The number of benzene rings is 2. The van der Waals surface area contributed by atoms with Crippen LogP contribution in [0.25, 0.3) is 6.08 Å². The molecule has 3 rings (SSSR count). The molecule has 0 spiro atoms. The van der Waals surface area contributed by atoms with Gasteiger partial charge in [0.05, 0.1) is 11.4 Å². The van der Waals surface area contributed by atoms with Crippen LogP contribution in [-0.2, 0) is 11.2 Å². The van der Waals surface area contributed by atoms with Crippen molar-refractivity contribution in [1.82, 2.24) is 10.6 Å². The number of para-hydroxylation sites is 1. The fourth-order valence-corrected chi connectivity index (χ4v) is 3.39. The molecule has 2 aromatic carbocycles. The Morgan fingerprint density at radius 2 is 1.87 bits per heavy atom. The van der Waals surface area contributed by atoms with Crippen molar-refractivity contribution >= 4 is 81.7 Å². The molecule has 1 atom stereocenters. The van der Waals surface area contributed by atoms with Gasteiger partial charge >= 0.3 is 0 Å². The maximum atomic E-state index is 12.3. The Kier molecular flexibility index (Phi) is 7.72. The highest BCUT2D eigenvalue weighted by Gasteiger charge is 2.34. The number of thiocarbonyl (C=S) groups is 1. The quantitative estimate of drug-likeness (QED) is 0.239. The summed E-state index contributed by atoms with van der Waals surface area (Å²) in [5, 5.41) is 8.72. The third-order valence-electron chi connectivity index (χ3n) is 4.25. The predicted molar refractivity (Wildman–Crippen MR) is 130 cm³/mol. The SMILES string of the molecule is O=C(/C=C/c1ccccc1)NC(NC(=S)Nc1cccc2c1N=CCC2)C(Cl)(Cl)Cl. The molecule has 5 nitrogen and oxygen atoms in total. The highest BCUT2D eigenvalue weighted by atomic mass is 35.6. The van der Waals surface area contributed by atoms with Gasteiger partial charge in [-0.3, -0.25) is 9.79 Å². The molecule has 2 aromatic rings. The van der Waals surface area contributed by atoms with Gasteiger partial charge in [-0.15, -0.1) is 0 Å². The van der Waals surface area contributed by atoms with Crippen LogP contribution in [0.15, 0.2) is 59.6 Å². The van der Waals surface area contributed by atoms with Crippen molar-refractivity contribution in [1.29, 1.82) is 0 Å². The summed E-state index contributed by atoms with van der Waals surface area (Å²) >= 11 is 23.5. The monoisotopic (exact) mass is 480 g/mol. The van der Waals surface area contributed by atoms with Crippen LogP contribution in [0.1, 0.15) is 17.5 Å². The Morgan fingerprint density at radius 3 is 2.60 bits per heavy atom. The van der Waals surface area contributed by atoms with E-state index in [0.717, 1.165) is 35.3 Å². The molecule has 9 heteroatoms. The van der Waals surface area contributed by atoms with Crippen molar-refractivity contribution in [3.8, 4) is 0 Å². The van der Waals surface area contributed by atoms with Crippen LogP contribution in [-0.4, -0.2) is 27.2 Å². The summed E-state index contributed by atoms with van der Waals surface area (Å²) in [6.07, 6.45) is 5.65. The van der Waals surface area contributed by atoms with Gasteiger partial charge in [0, 0.05) is 12.3 Å². The second-order valence-electron chi connectivity index (χ2n) is 6.49. The van der Waals surface area contributed by atoms with Crippen LogP contribution >= 0.6 is 47.0 Å². The lowest BCUT2D eigenvalue weighted by Crippen LogP contribution is -2.55. The summed E-state index contributed by atoms with van der Waals surface area (Å²) in [5.41, 5.74) is 3.56. The fraction of sp³-hybridized carbons (Fsp3) is 0.190. The van der Waals surface area contributed by atoms with E-state index in [4.69, 9.17) is 47.0 Å². The zero-order valence-electron chi connectivity index (χ0n) is 15.7. The molecule has 1 aliphatic rings. The van der Waals surface area contributed by atoms with Gasteiger partial charge in [0.1, 0.15) is 6.17 Å². The lowest BCUT2D eigenvalue weighted by molar-refractivity contribution is -0.117. The van der Waals surface area contributed by atoms with Gasteiger partial charge in [0.2, 0.25) is 9.70 Å². The van der Waals surface area contributed by atoms with Gasteiger partial charge in [-0.05, 0) is 48.3 Å². The maximum absolute atomic E-state index is 12.3. The van der Waals surface area contributed by atoms with E-state index < -0.39 is 15.9 Å². The zero-order valence-corrected chi connectivity index (χ0v) is 18.8. The molecule has 3 N–H and O–H groups in total. The summed E-state index contributed by atoms with van der Waals surface area (Å²) in [4.78, 5) is 16.8. The van der Waals surface area contributed by atoms with Crippen LogP contribution in [0.3, 0.4) is 0 Å². The second kappa shape index (κ2) is 10.3. The largest absolute Gasteiger partial charge is 0.339 e. The van der Waals surface area contributed by atoms with E-state index in [2.05, 4.69) is 20.9 Å². The van der Waals surface area contributed by atoms with Crippen molar-refractivity contribution in [3.05, 3.63) is 65.7 Å². The molecular formula is C21H19Cl3N4OS. The van der Waals surface area contributed by atoms with Gasteiger partial charge in [0.25, 0.3) is 0 Å².